The van der Waals surface area contributed by atoms with Gasteiger partial charge in [-0.25, -0.2) is 4.98 Å². The number of rotatable bonds is 6. The van der Waals surface area contributed by atoms with Crippen LogP contribution in [-0.2, 0) is 11.2 Å². The molecule has 23 heavy (non-hydrogen) atoms. The van der Waals surface area contributed by atoms with Crippen LogP contribution >= 0.6 is 0 Å². The molecule has 0 unspecified atom stereocenters. The highest BCUT2D eigenvalue weighted by molar-refractivity contribution is 5.76. The van der Waals surface area contributed by atoms with E-state index in [4.69, 9.17) is 4.42 Å². The van der Waals surface area contributed by atoms with Crippen LogP contribution in [0, 0.1) is 0 Å². The predicted octanol–water partition coefficient (Wildman–Crippen LogP) is 3.68. The summed E-state index contributed by atoms with van der Waals surface area (Å²) in [5, 5.41) is 2.98. The number of aromatic nitrogens is 1. The molecule has 1 N–H and O–H groups in total. The number of nitrogens with zero attached hydrogens (tertiary/aromatic N) is 1. The monoisotopic (exact) mass is 308 g/mol. The highest BCUT2D eigenvalue weighted by atomic mass is 16.3. The molecule has 118 valence electrons. The van der Waals surface area contributed by atoms with Crippen LogP contribution in [0.5, 0.6) is 0 Å². The lowest BCUT2D eigenvalue weighted by atomic mass is 10.0. The molecule has 0 radical (unpaired) electrons. The van der Waals surface area contributed by atoms with E-state index in [0.29, 0.717) is 31.2 Å². The van der Waals surface area contributed by atoms with Gasteiger partial charge in [0.05, 0.1) is 0 Å². The average molecular weight is 308 g/mol. The number of oxazole rings is 1. The van der Waals surface area contributed by atoms with E-state index in [-0.39, 0.29) is 5.91 Å². The molecule has 4 nitrogen and oxygen atoms in total. The largest absolute Gasteiger partial charge is 0.441 e. The first-order valence-corrected chi connectivity index (χ1v) is 7.88. The Kier molecular flexibility index (Phi) is 4.71. The first kappa shape index (κ1) is 15.3. The predicted molar refractivity (Wildman–Crippen MR) is 90.2 cm³/mol. The fourth-order valence-electron chi connectivity index (χ4n) is 2.50. The van der Waals surface area contributed by atoms with Gasteiger partial charge >= 0.3 is 0 Å². The summed E-state index contributed by atoms with van der Waals surface area (Å²) in [4.78, 5) is 16.4. The van der Waals surface area contributed by atoms with E-state index >= 15 is 0 Å². The molecule has 3 aromatic rings. The number of para-hydroxylation sites is 2. The third kappa shape index (κ3) is 3.97. The van der Waals surface area contributed by atoms with Crippen LogP contribution in [0.2, 0.25) is 0 Å². The molecule has 4 heteroatoms. The van der Waals surface area contributed by atoms with Crippen LogP contribution in [-0.4, -0.2) is 17.4 Å². The molecule has 0 saturated heterocycles. The molecule has 1 aromatic heterocycles. The standard InChI is InChI=1S/C19H20N2O2/c1-14(15-7-3-2-4-8-15)13-20-18(22)11-12-19-21-16-9-5-6-10-17(16)23-19/h2-10,14H,11-13H2,1H3,(H,20,22)/t14-/m0/s1. The second-order valence-electron chi connectivity index (χ2n) is 5.69. The lowest BCUT2D eigenvalue weighted by molar-refractivity contribution is -0.121. The Labute approximate surface area is 135 Å². The summed E-state index contributed by atoms with van der Waals surface area (Å²) in [6, 6.07) is 17.8. The van der Waals surface area contributed by atoms with Crippen LogP contribution in [0.4, 0.5) is 0 Å². The Bertz CT molecular complexity index is 747. The molecule has 1 amide bonds. The normalized spacial score (nSPS) is 12.2. The molecule has 2 aromatic carbocycles. The molecule has 0 saturated carbocycles. The number of carbonyl (C=O) groups excluding carboxylic acids is 1. The number of fused-ring (bicyclic) bond motifs is 1. The van der Waals surface area contributed by atoms with Gasteiger partial charge in [-0.3, -0.25) is 4.79 Å². The van der Waals surface area contributed by atoms with Crippen molar-refractivity contribution in [2.75, 3.05) is 6.54 Å². The van der Waals surface area contributed by atoms with E-state index in [1.165, 1.54) is 5.56 Å². The molecule has 0 bridgehead atoms. The number of amides is 1. The summed E-state index contributed by atoms with van der Waals surface area (Å²) in [6.07, 6.45) is 0.897. The Hall–Kier alpha value is -2.62. The molecular formula is C19H20N2O2. The van der Waals surface area contributed by atoms with E-state index < -0.39 is 0 Å². The Morgan fingerprint density at radius 1 is 1.13 bits per heavy atom. The van der Waals surface area contributed by atoms with Crippen molar-refractivity contribution in [1.29, 1.82) is 0 Å². The van der Waals surface area contributed by atoms with Gasteiger partial charge in [-0.15, -0.1) is 0 Å². The van der Waals surface area contributed by atoms with E-state index in [1.54, 1.807) is 0 Å². The van der Waals surface area contributed by atoms with Crippen molar-refractivity contribution in [3.05, 3.63) is 66.1 Å². The van der Waals surface area contributed by atoms with Gasteiger partial charge < -0.3 is 9.73 Å². The quantitative estimate of drug-likeness (QED) is 0.755. The summed E-state index contributed by atoms with van der Waals surface area (Å²) >= 11 is 0. The number of hydrogen-bond donors (Lipinski definition) is 1. The zero-order chi connectivity index (χ0) is 16.1. The highest BCUT2D eigenvalue weighted by Crippen LogP contribution is 2.16. The Morgan fingerprint density at radius 2 is 1.87 bits per heavy atom. The number of carbonyl (C=O) groups is 1. The smallest absolute Gasteiger partial charge is 0.220 e. The number of hydrogen-bond acceptors (Lipinski definition) is 3. The molecular weight excluding hydrogens is 288 g/mol. The maximum atomic E-state index is 12.0. The van der Waals surface area contributed by atoms with Gasteiger partial charge in [-0.1, -0.05) is 49.4 Å². The fraction of sp³-hybridized carbons (Fsp3) is 0.263. The highest BCUT2D eigenvalue weighted by Gasteiger charge is 2.10. The van der Waals surface area contributed by atoms with E-state index in [9.17, 15) is 4.79 Å². The molecule has 0 aliphatic rings. The summed E-state index contributed by atoms with van der Waals surface area (Å²) in [6.45, 7) is 2.74. The van der Waals surface area contributed by atoms with Crippen LogP contribution in [0.3, 0.4) is 0 Å². The molecule has 0 spiro atoms. The zero-order valence-electron chi connectivity index (χ0n) is 13.2. The molecule has 1 atom stereocenters. The maximum absolute atomic E-state index is 12.0. The van der Waals surface area contributed by atoms with E-state index in [2.05, 4.69) is 29.4 Å². The SMILES string of the molecule is C[C@@H](CNC(=O)CCc1nc2ccccc2o1)c1ccccc1. The van der Waals surface area contributed by atoms with E-state index in [1.807, 2.05) is 42.5 Å². The van der Waals surface area contributed by atoms with E-state index in [0.717, 1.165) is 11.1 Å². The minimum Gasteiger partial charge on any atom is -0.441 e. The van der Waals surface area contributed by atoms with Gasteiger partial charge in [0.25, 0.3) is 0 Å². The van der Waals surface area contributed by atoms with Crippen molar-refractivity contribution < 1.29 is 9.21 Å². The Morgan fingerprint density at radius 3 is 2.65 bits per heavy atom. The Balaban J connectivity index is 1.48. The number of aryl methyl sites for hydroxylation is 1. The van der Waals surface area contributed by atoms with Gasteiger partial charge in [0.2, 0.25) is 5.91 Å². The minimum absolute atomic E-state index is 0.0232. The maximum Gasteiger partial charge on any atom is 0.220 e. The average Bonchev–Trinajstić information content (AvgIpc) is 3.01. The van der Waals surface area contributed by atoms with Crippen molar-refractivity contribution >= 4 is 17.0 Å². The van der Waals surface area contributed by atoms with Crippen molar-refractivity contribution in [3.63, 3.8) is 0 Å². The summed E-state index contributed by atoms with van der Waals surface area (Å²) in [5.41, 5.74) is 2.83. The van der Waals surface area contributed by atoms with Gasteiger partial charge in [0.1, 0.15) is 5.52 Å². The molecule has 3 rings (SSSR count). The number of nitrogens with one attached hydrogen (secondary N) is 1. The van der Waals surface area contributed by atoms with Crippen LogP contribution in [0.15, 0.2) is 59.0 Å². The lowest BCUT2D eigenvalue weighted by Gasteiger charge is -2.12. The fourth-order valence-corrected chi connectivity index (χ4v) is 2.50. The van der Waals surface area contributed by atoms with Crippen molar-refractivity contribution in [2.24, 2.45) is 0 Å². The van der Waals surface area contributed by atoms with Gasteiger partial charge in [-0.2, -0.15) is 0 Å². The van der Waals surface area contributed by atoms with Gasteiger partial charge in [0.15, 0.2) is 11.5 Å². The first-order chi connectivity index (χ1) is 11.2. The number of benzene rings is 2. The second-order valence-corrected chi connectivity index (χ2v) is 5.69. The molecule has 0 aliphatic carbocycles. The second kappa shape index (κ2) is 7.09. The van der Waals surface area contributed by atoms with Gasteiger partial charge in [-0.05, 0) is 23.6 Å². The third-order valence-electron chi connectivity index (χ3n) is 3.88. The summed E-state index contributed by atoms with van der Waals surface area (Å²) in [7, 11) is 0. The van der Waals surface area contributed by atoms with Crippen molar-refractivity contribution in [2.45, 2.75) is 25.7 Å². The zero-order valence-corrected chi connectivity index (χ0v) is 13.2. The first-order valence-electron chi connectivity index (χ1n) is 7.88. The summed E-state index contributed by atoms with van der Waals surface area (Å²) in [5.74, 6) is 0.928. The van der Waals surface area contributed by atoms with Crippen LogP contribution < -0.4 is 5.32 Å². The molecule has 0 aliphatic heterocycles. The third-order valence-corrected chi connectivity index (χ3v) is 3.88. The molecule has 1 heterocycles. The van der Waals surface area contributed by atoms with Crippen molar-refractivity contribution in [1.82, 2.24) is 10.3 Å². The summed E-state index contributed by atoms with van der Waals surface area (Å²) < 4.78 is 5.62. The minimum atomic E-state index is 0.0232. The van der Waals surface area contributed by atoms with Crippen LogP contribution in [0.25, 0.3) is 11.1 Å². The topological polar surface area (TPSA) is 55.1 Å². The van der Waals surface area contributed by atoms with Crippen LogP contribution in [0.1, 0.15) is 30.7 Å². The van der Waals surface area contributed by atoms with Crippen molar-refractivity contribution in [3.8, 4) is 0 Å². The lowest BCUT2D eigenvalue weighted by Crippen LogP contribution is -2.27. The van der Waals surface area contributed by atoms with Gasteiger partial charge in [0, 0.05) is 19.4 Å². The molecule has 0 fully saturated rings.